The lowest BCUT2D eigenvalue weighted by Gasteiger charge is -2.15. The van der Waals surface area contributed by atoms with Crippen LogP contribution in [0.15, 0.2) is 36.8 Å². The quantitative estimate of drug-likeness (QED) is 0.314. The van der Waals surface area contributed by atoms with Gasteiger partial charge in [-0.2, -0.15) is 18.3 Å². The van der Waals surface area contributed by atoms with Crippen LogP contribution in [-0.4, -0.2) is 51.0 Å². The Morgan fingerprint density at radius 3 is 2.41 bits per heavy atom. The van der Waals surface area contributed by atoms with E-state index in [0.717, 1.165) is 30.2 Å². The molecule has 0 unspecified atom stereocenters. The number of methoxy groups -OCH3 is 3. The lowest BCUT2D eigenvalue weighted by Crippen LogP contribution is -2.09. The van der Waals surface area contributed by atoms with Gasteiger partial charge >= 0.3 is 6.18 Å². The Labute approximate surface area is 222 Å². The van der Waals surface area contributed by atoms with Gasteiger partial charge in [0.15, 0.2) is 23.1 Å². The zero-order valence-electron chi connectivity index (χ0n) is 21.7. The number of ether oxygens (including phenoxy) is 3. The third kappa shape index (κ3) is 5.29. The van der Waals surface area contributed by atoms with Crippen LogP contribution in [0.2, 0.25) is 0 Å². The first kappa shape index (κ1) is 26.2. The van der Waals surface area contributed by atoms with Crippen LogP contribution in [0.4, 0.5) is 19.0 Å². The zero-order valence-corrected chi connectivity index (χ0v) is 21.7. The molecule has 0 radical (unpaired) electrons. The van der Waals surface area contributed by atoms with Crippen molar-refractivity contribution < 1.29 is 27.4 Å². The molecule has 5 rings (SSSR count). The molecule has 3 aromatic heterocycles. The smallest absolute Gasteiger partial charge is 0.435 e. The minimum absolute atomic E-state index is 0.313. The summed E-state index contributed by atoms with van der Waals surface area (Å²) in [6.45, 7) is 1.87. The van der Waals surface area contributed by atoms with Gasteiger partial charge in [-0.05, 0) is 43.5 Å². The third-order valence-corrected chi connectivity index (χ3v) is 6.31. The second kappa shape index (κ2) is 10.4. The molecule has 1 aliphatic rings. The number of aromatic nitrogens is 6. The lowest BCUT2D eigenvalue weighted by atomic mass is 10.1. The average molecular weight is 542 g/mol. The Morgan fingerprint density at radius 1 is 1.00 bits per heavy atom. The first-order chi connectivity index (χ1) is 18.7. The van der Waals surface area contributed by atoms with Crippen LogP contribution in [0.3, 0.4) is 0 Å². The molecule has 204 valence electrons. The molecule has 0 spiro atoms. The van der Waals surface area contributed by atoms with Gasteiger partial charge in [0, 0.05) is 18.2 Å². The first-order valence-corrected chi connectivity index (χ1v) is 12.1. The van der Waals surface area contributed by atoms with Crippen molar-refractivity contribution in [1.82, 2.24) is 29.7 Å². The Hall–Kier alpha value is -4.42. The van der Waals surface area contributed by atoms with Gasteiger partial charge in [0.2, 0.25) is 5.88 Å². The molecule has 1 N–H and O–H groups in total. The highest BCUT2D eigenvalue weighted by Gasteiger charge is 2.35. The second-order valence-electron chi connectivity index (χ2n) is 8.97. The van der Waals surface area contributed by atoms with E-state index in [0.29, 0.717) is 58.4 Å². The van der Waals surface area contributed by atoms with Crippen molar-refractivity contribution in [2.45, 2.75) is 38.4 Å². The molecule has 0 atom stereocenters. The van der Waals surface area contributed by atoms with Crippen molar-refractivity contribution in [3.05, 3.63) is 59.4 Å². The molecule has 1 aliphatic carbocycles. The van der Waals surface area contributed by atoms with E-state index in [9.17, 15) is 13.2 Å². The predicted molar refractivity (Wildman–Crippen MR) is 135 cm³/mol. The van der Waals surface area contributed by atoms with Crippen molar-refractivity contribution in [2.24, 2.45) is 0 Å². The molecule has 1 fully saturated rings. The number of rotatable bonds is 9. The van der Waals surface area contributed by atoms with Crippen LogP contribution in [0, 0.1) is 6.92 Å². The number of halogens is 3. The summed E-state index contributed by atoms with van der Waals surface area (Å²) in [6.07, 6.45) is 0.558. The largest absolute Gasteiger partial charge is 0.494 e. The van der Waals surface area contributed by atoms with Crippen molar-refractivity contribution in [3.8, 4) is 34.5 Å². The van der Waals surface area contributed by atoms with E-state index >= 15 is 0 Å². The molecule has 10 nitrogen and oxygen atoms in total. The maximum absolute atomic E-state index is 13.2. The topological polar surface area (TPSA) is 109 Å². The number of hydrogen-bond donors (Lipinski definition) is 1. The molecule has 0 aliphatic heterocycles. The van der Waals surface area contributed by atoms with Crippen LogP contribution in [0.5, 0.6) is 17.4 Å². The molecule has 13 heteroatoms. The van der Waals surface area contributed by atoms with E-state index in [2.05, 4.69) is 25.4 Å². The Balaban J connectivity index is 1.43. The SMILES string of the molecule is COc1cc(CNc2nc(-c3c(OC)ncnc3C3CC3)ncc2OC)ccc1-n1nc(C(F)(F)F)cc1C. The number of hydrogen-bond acceptors (Lipinski definition) is 9. The molecule has 3 heterocycles. The number of nitrogens with zero attached hydrogens (tertiary/aromatic N) is 6. The van der Waals surface area contributed by atoms with Crippen LogP contribution in [0.1, 0.15) is 41.4 Å². The summed E-state index contributed by atoms with van der Waals surface area (Å²) < 4.78 is 57.1. The minimum Gasteiger partial charge on any atom is -0.494 e. The average Bonchev–Trinajstić information content (AvgIpc) is 3.71. The third-order valence-electron chi connectivity index (χ3n) is 6.31. The number of alkyl halides is 3. The molecular formula is C26H26F3N7O3. The summed E-state index contributed by atoms with van der Waals surface area (Å²) in [5.41, 5.74) is 2.03. The number of nitrogens with one attached hydrogen (secondary N) is 1. The molecule has 0 bridgehead atoms. The number of benzene rings is 1. The highest BCUT2D eigenvalue weighted by Crippen LogP contribution is 2.45. The molecule has 4 aromatic rings. The van der Waals surface area contributed by atoms with Crippen molar-refractivity contribution >= 4 is 5.82 Å². The molecule has 0 saturated heterocycles. The summed E-state index contributed by atoms with van der Waals surface area (Å²) in [5, 5.41) is 6.98. The summed E-state index contributed by atoms with van der Waals surface area (Å²) >= 11 is 0. The van der Waals surface area contributed by atoms with E-state index in [4.69, 9.17) is 19.2 Å². The second-order valence-corrected chi connectivity index (χ2v) is 8.97. The minimum atomic E-state index is -4.54. The van der Waals surface area contributed by atoms with Crippen LogP contribution >= 0.6 is 0 Å². The van der Waals surface area contributed by atoms with Gasteiger partial charge in [-0.1, -0.05) is 6.07 Å². The van der Waals surface area contributed by atoms with Gasteiger partial charge in [-0.15, -0.1) is 0 Å². The highest BCUT2D eigenvalue weighted by atomic mass is 19.4. The van der Waals surface area contributed by atoms with Crippen molar-refractivity contribution in [1.29, 1.82) is 0 Å². The monoisotopic (exact) mass is 541 g/mol. The van der Waals surface area contributed by atoms with E-state index in [1.807, 2.05) is 0 Å². The summed E-state index contributed by atoms with van der Waals surface area (Å²) in [4.78, 5) is 17.9. The molecule has 0 amide bonds. The van der Waals surface area contributed by atoms with Crippen LogP contribution in [-0.2, 0) is 12.7 Å². The summed E-state index contributed by atoms with van der Waals surface area (Å²) in [6, 6.07) is 6.15. The summed E-state index contributed by atoms with van der Waals surface area (Å²) in [7, 11) is 4.51. The van der Waals surface area contributed by atoms with Gasteiger partial charge in [0.05, 0.1) is 33.2 Å². The molecule has 1 aromatic carbocycles. The fourth-order valence-electron chi connectivity index (χ4n) is 4.23. The normalized spacial score (nSPS) is 13.3. The standard InChI is InChI=1S/C26H26F3N7O3/c1-14-9-20(26(27,28)29)35-36(14)17-8-5-15(10-18(17)37-2)11-30-23-19(38-3)12-31-24(34-23)21-22(16-6-7-16)32-13-33-25(21)39-4/h5,8-10,12-13,16H,6-7,11H2,1-4H3,(H,30,31,34). The van der Waals surface area contributed by atoms with Crippen LogP contribution in [0.25, 0.3) is 17.1 Å². The maximum atomic E-state index is 13.2. The van der Waals surface area contributed by atoms with E-state index < -0.39 is 11.9 Å². The Kier molecular flexibility index (Phi) is 6.98. The van der Waals surface area contributed by atoms with E-state index in [1.165, 1.54) is 32.3 Å². The van der Waals surface area contributed by atoms with Gasteiger partial charge in [0.25, 0.3) is 0 Å². The maximum Gasteiger partial charge on any atom is 0.435 e. The van der Waals surface area contributed by atoms with Gasteiger partial charge in [-0.25, -0.2) is 24.6 Å². The lowest BCUT2D eigenvalue weighted by molar-refractivity contribution is -0.141. The van der Waals surface area contributed by atoms with Crippen LogP contribution < -0.4 is 19.5 Å². The Morgan fingerprint density at radius 2 is 1.77 bits per heavy atom. The number of anilines is 1. The molecule has 1 saturated carbocycles. The van der Waals surface area contributed by atoms with E-state index in [-0.39, 0.29) is 0 Å². The van der Waals surface area contributed by atoms with Gasteiger partial charge in [-0.3, -0.25) is 0 Å². The molecular weight excluding hydrogens is 515 g/mol. The zero-order chi connectivity index (χ0) is 27.7. The van der Waals surface area contributed by atoms with Gasteiger partial charge < -0.3 is 19.5 Å². The van der Waals surface area contributed by atoms with Gasteiger partial charge in [0.1, 0.15) is 23.3 Å². The van der Waals surface area contributed by atoms with Crippen molar-refractivity contribution in [2.75, 3.05) is 26.6 Å². The predicted octanol–water partition coefficient (Wildman–Crippen LogP) is 4.96. The number of aryl methyl sites for hydroxylation is 1. The van der Waals surface area contributed by atoms with Crippen molar-refractivity contribution in [3.63, 3.8) is 0 Å². The molecule has 39 heavy (non-hydrogen) atoms. The highest BCUT2D eigenvalue weighted by molar-refractivity contribution is 5.68. The fourth-order valence-corrected chi connectivity index (χ4v) is 4.23. The Bertz CT molecular complexity index is 1500. The van der Waals surface area contributed by atoms with E-state index in [1.54, 1.807) is 31.3 Å². The first-order valence-electron chi connectivity index (χ1n) is 12.1. The fraction of sp³-hybridized carbons (Fsp3) is 0.346. The summed E-state index contributed by atoms with van der Waals surface area (Å²) in [5.74, 6) is 2.35.